The van der Waals surface area contributed by atoms with Crippen LogP contribution in [0.4, 0.5) is 0 Å². The smallest absolute Gasteiger partial charge is 0.234 e. The number of hydrogen-bond donors (Lipinski definition) is 0. The van der Waals surface area contributed by atoms with E-state index in [9.17, 15) is 0 Å². The van der Waals surface area contributed by atoms with E-state index in [0.29, 0.717) is 12.3 Å². The van der Waals surface area contributed by atoms with Gasteiger partial charge in [0.25, 0.3) is 0 Å². The zero-order chi connectivity index (χ0) is 22.2. The van der Waals surface area contributed by atoms with Crippen LogP contribution in [0.2, 0.25) is 0 Å². The molecule has 0 aliphatic carbocycles. The van der Waals surface area contributed by atoms with E-state index < -0.39 is 0 Å². The Morgan fingerprint density at radius 1 is 1.06 bits per heavy atom. The number of nitrogens with zero attached hydrogens (tertiary/aromatic N) is 6. The van der Waals surface area contributed by atoms with E-state index in [1.807, 2.05) is 23.6 Å². The van der Waals surface area contributed by atoms with Crippen molar-refractivity contribution in [3.05, 3.63) is 71.8 Å². The first-order valence-electron chi connectivity index (χ1n) is 10.4. The van der Waals surface area contributed by atoms with Crippen LogP contribution in [0.1, 0.15) is 43.4 Å². The molecule has 3 heterocycles. The van der Waals surface area contributed by atoms with E-state index >= 15 is 0 Å². The Kier molecular flexibility index (Phi) is 5.71. The van der Waals surface area contributed by atoms with Crippen LogP contribution in [0.25, 0.3) is 17.2 Å². The van der Waals surface area contributed by atoms with Gasteiger partial charge in [0.1, 0.15) is 0 Å². The normalized spacial score (nSPS) is 11.9. The van der Waals surface area contributed by atoms with E-state index in [0.717, 1.165) is 39.4 Å². The Morgan fingerprint density at radius 2 is 1.81 bits per heavy atom. The van der Waals surface area contributed by atoms with E-state index in [2.05, 4.69) is 89.3 Å². The number of thioether (sulfide) groups is 1. The van der Waals surface area contributed by atoms with Gasteiger partial charge in [0.2, 0.25) is 5.78 Å². The average molecular weight is 433 g/mol. The predicted octanol–water partition coefficient (Wildman–Crippen LogP) is 5.38. The van der Waals surface area contributed by atoms with Crippen LogP contribution >= 0.6 is 11.8 Å². The van der Waals surface area contributed by atoms with Crippen molar-refractivity contribution in [3.63, 3.8) is 0 Å². The number of benzene rings is 1. The molecular formula is C24H28N6S. The quantitative estimate of drug-likeness (QED) is 0.302. The van der Waals surface area contributed by atoms with E-state index in [-0.39, 0.29) is 5.41 Å². The fourth-order valence-electron chi connectivity index (χ4n) is 3.55. The number of hydrogen-bond acceptors (Lipinski definition) is 5. The molecule has 4 aromatic rings. The molecule has 0 radical (unpaired) electrons. The largest absolute Gasteiger partial charge is 0.298 e. The highest BCUT2D eigenvalue weighted by Crippen LogP contribution is 2.29. The number of aromatic nitrogens is 6. The van der Waals surface area contributed by atoms with Crippen molar-refractivity contribution in [2.24, 2.45) is 0 Å². The lowest BCUT2D eigenvalue weighted by atomic mass is 9.87. The van der Waals surface area contributed by atoms with Gasteiger partial charge >= 0.3 is 0 Å². The molecule has 3 aromatic heterocycles. The summed E-state index contributed by atoms with van der Waals surface area (Å²) in [4.78, 5) is 9.20. The Bertz CT molecular complexity index is 1230. The zero-order valence-corrected chi connectivity index (χ0v) is 19.6. The number of fused-ring (bicyclic) bond motifs is 1. The molecule has 0 saturated carbocycles. The van der Waals surface area contributed by atoms with Gasteiger partial charge in [-0.25, -0.2) is 9.97 Å². The fourth-order valence-corrected chi connectivity index (χ4v) is 4.38. The third-order valence-electron chi connectivity index (χ3n) is 5.20. The lowest BCUT2D eigenvalue weighted by Gasteiger charge is -2.19. The van der Waals surface area contributed by atoms with Crippen molar-refractivity contribution in [1.82, 2.24) is 29.1 Å². The first-order chi connectivity index (χ1) is 14.8. The lowest BCUT2D eigenvalue weighted by Crippen LogP contribution is -2.10. The highest BCUT2D eigenvalue weighted by atomic mass is 32.2. The summed E-state index contributed by atoms with van der Waals surface area (Å²) in [6, 6.07) is 10.6. The van der Waals surface area contributed by atoms with Crippen LogP contribution in [0.15, 0.2) is 54.3 Å². The third kappa shape index (κ3) is 4.42. The summed E-state index contributed by atoms with van der Waals surface area (Å²) in [5.41, 5.74) is 5.54. The van der Waals surface area contributed by atoms with Gasteiger partial charge in [0.15, 0.2) is 11.0 Å². The van der Waals surface area contributed by atoms with Crippen LogP contribution in [0, 0.1) is 13.8 Å². The molecule has 0 bridgehead atoms. The standard InChI is InChI=1S/C24H28N6S/c1-7-12-29-21(18-8-10-19(11-9-18)24(4,5)6)27-28-23(29)31-15-20-14-30-17(3)13-16(2)25-22(30)26-20/h7-11,13-14H,1,12,15H2,2-6H3. The van der Waals surface area contributed by atoms with Crippen LogP contribution < -0.4 is 0 Å². The third-order valence-corrected chi connectivity index (χ3v) is 6.20. The van der Waals surface area contributed by atoms with Crippen LogP contribution in [0.3, 0.4) is 0 Å². The fraction of sp³-hybridized carbons (Fsp3) is 0.333. The molecule has 160 valence electrons. The van der Waals surface area contributed by atoms with Crippen LogP contribution in [-0.2, 0) is 17.7 Å². The number of aryl methyl sites for hydroxylation is 2. The Labute approximate surface area is 187 Å². The molecule has 1 aromatic carbocycles. The SMILES string of the molecule is C=CCn1c(SCc2cn3c(C)cc(C)nc3n2)nnc1-c1ccc(C(C)(C)C)cc1. The average Bonchev–Trinajstić information content (AvgIpc) is 3.30. The molecule has 0 N–H and O–H groups in total. The molecule has 7 heteroatoms. The van der Waals surface area contributed by atoms with Gasteiger partial charge in [-0.3, -0.25) is 8.97 Å². The molecule has 0 aliphatic rings. The molecule has 4 rings (SSSR count). The molecule has 0 saturated heterocycles. The molecular weight excluding hydrogens is 404 g/mol. The summed E-state index contributed by atoms with van der Waals surface area (Å²) in [6.07, 6.45) is 3.92. The van der Waals surface area contributed by atoms with Crippen LogP contribution in [-0.4, -0.2) is 29.1 Å². The maximum absolute atomic E-state index is 4.68. The van der Waals surface area contributed by atoms with Gasteiger partial charge < -0.3 is 0 Å². The topological polar surface area (TPSA) is 60.9 Å². The molecule has 0 amide bonds. The zero-order valence-electron chi connectivity index (χ0n) is 18.8. The minimum Gasteiger partial charge on any atom is -0.298 e. The Morgan fingerprint density at radius 3 is 2.48 bits per heavy atom. The second-order valence-electron chi connectivity index (χ2n) is 8.76. The molecule has 0 unspecified atom stereocenters. The minimum absolute atomic E-state index is 0.119. The summed E-state index contributed by atoms with van der Waals surface area (Å²) in [5.74, 6) is 2.28. The summed E-state index contributed by atoms with van der Waals surface area (Å²) in [5, 5.41) is 9.80. The molecule has 0 spiro atoms. The minimum atomic E-state index is 0.119. The van der Waals surface area contributed by atoms with Crippen molar-refractivity contribution in [2.45, 2.75) is 57.5 Å². The monoisotopic (exact) mass is 432 g/mol. The summed E-state index contributed by atoms with van der Waals surface area (Å²) in [6.45, 7) is 15.3. The Hall–Kier alpha value is -2.93. The second-order valence-corrected chi connectivity index (χ2v) is 9.71. The van der Waals surface area contributed by atoms with Gasteiger partial charge in [-0.2, -0.15) is 0 Å². The summed E-state index contributed by atoms with van der Waals surface area (Å²) >= 11 is 1.63. The van der Waals surface area contributed by atoms with Gasteiger partial charge in [-0.15, -0.1) is 16.8 Å². The van der Waals surface area contributed by atoms with Gasteiger partial charge in [-0.05, 0) is 30.9 Å². The highest BCUT2D eigenvalue weighted by Gasteiger charge is 2.17. The Balaban J connectivity index is 1.59. The lowest BCUT2D eigenvalue weighted by molar-refractivity contribution is 0.590. The van der Waals surface area contributed by atoms with E-state index in [1.165, 1.54) is 5.56 Å². The first-order valence-corrected chi connectivity index (χ1v) is 11.3. The van der Waals surface area contributed by atoms with Crippen molar-refractivity contribution >= 4 is 17.5 Å². The van der Waals surface area contributed by atoms with E-state index in [1.54, 1.807) is 11.8 Å². The van der Waals surface area contributed by atoms with Crippen molar-refractivity contribution in [1.29, 1.82) is 0 Å². The van der Waals surface area contributed by atoms with Gasteiger partial charge in [0, 0.05) is 35.4 Å². The van der Waals surface area contributed by atoms with Crippen molar-refractivity contribution in [2.75, 3.05) is 0 Å². The molecule has 0 fully saturated rings. The van der Waals surface area contributed by atoms with Crippen molar-refractivity contribution < 1.29 is 0 Å². The summed E-state index contributed by atoms with van der Waals surface area (Å²) in [7, 11) is 0. The van der Waals surface area contributed by atoms with Gasteiger partial charge in [-0.1, -0.05) is 62.9 Å². The second kappa shape index (κ2) is 8.30. The number of rotatable bonds is 6. The predicted molar refractivity (Wildman–Crippen MR) is 126 cm³/mol. The van der Waals surface area contributed by atoms with E-state index in [4.69, 9.17) is 0 Å². The first kappa shape index (κ1) is 21.3. The van der Waals surface area contributed by atoms with Crippen molar-refractivity contribution in [3.8, 4) is 11.4 Å². The molecule has 6 nitrogen and oxygen atoms in total. The maximum Gasteiger partial charge on any atom is 0.234 e. The number of imidazole rings is 1. The number of allylic oxidation sites excluding steroid dienone is 1. The molecule has 0 aliphatic heterocycles. The summed E-state index contributed by atoms with van der Waals surface area (Å²) < 4.78 is 4.13. The molecule has 0 atom stereocenters. The highest BCUT2D eigenvalue weighted by molar-refractivity contribution is 7.98. The van der Waals surface area contributed by atoms with Gasteiger partial charge in [0.05, 0.1) is 5.69 Å². The molecule has 31 heavy (non-hydrogen) atoms. The van der Waals surface area contributed by atoms with Crippen LogP contribution in [0.5, 0.6) is 0 Å². The maximum atomic E-state index is 4.68.